The minimum Gasteiger partial charge on any atom is -0.508 e. The van der Waals surface area contributed by atoms with E-state index in [1.54, 1.807) is 68.6 Å². The number of benzene rings is 5. The molecule has 29 nitrogen and oxygen atoms in total. The van der Waals surface area contributed by atoms with Gasteiger partial charge in [0.15, 0.2) is 5.96 Å². The summed E-state index contributed by atoms with van der Waals surface area (Å²) in [6.45, 7) is 5.50. The highest BCUT2D eigenvalue weighted by Gasteiger charge is 2.42. The molecule has 1 aliphatic heterocycles. The number of phenolic OH excluding ortho intramolecular Hbond substituents is 1. The quantitative estimate of drug-likeness (QED) is 0.0149. The Labute approximate surface area is 601 Å². The van der Waals surface area contributed by atoms with Crippen molar-refractivity contribution in [1.29, 1.82) is 5.41 Å². The van der Waals surface area contributed by atoms with Gasteiger partial charge in [0.05, 0.1) is 12.6 Å². The largest absolute Gasteiger partial charge is 0.508 e. The van der Waals surface area contributed by atoms with Gasteiger partial charge in [-0.15, -0.1) is 0 Å². The summed E-state index contributed by atoms with van der Waals surface area (Å²) in [6, 6.07) is 18.2. The average Bonchev–Trinajstić information content (AvgIpc) is 1.79. The molecule has 0 radical (unpaired) electrons. The Hall–Kier alpha value is -10.5. The average molecular weight is 1440 g/mol. The molecule has 0 bridgehead atoms. The van der Waals surface area contributed by atoms with E-state index in [0.717, 1.165) is 22.6 Å². The number of carbonyl (C=O) groups excluding carboxylic acids is 11. The zero-order valence-electron chi connectivity index (χ0n) is 58.2. The number of primary amides is 1. The lowest BCUT2D eigenvalue weighted by molar-refractivity contribution is -0.152. The third kappa shape index (κ3) is 23.3. The molecule has 1 aliphatic rings. The molecule has 6 aromatic rings. The van der Waals surface area contributed by atoms with Crippen molar-refractivity contribution in [3.63, 3.8) is 0 Å². The summed E-state index contributed by atoms with van der Waals surface area (Å²) < 4.78 is 0. The van der Waals surface area contributed by atoms with E-state index in [1.807, 2.05) is 42.5 Å². The molecular weight excluding hydrogens is 1340 g/mol. The number of hydrogen-bond donors (Lipinski definition) is 16. The van der Waals surface area contributed by atoms with Crippen molar-refractivity contribution in [3.8, 4) is 5.75 Å². The Morgan fingerprint density at radius 2 is 1.20 bits per heavy atom. The number of unbranched alkanes of at least 4 members (excludes halogenated alkanes) is 1. The number of nitrogens with two attached hydrogens (primary N) is 4. The van der Waals surface area contributed by atoms with Crippen LogP contribution in [0.5, 0.6) is 5.75 Å². The standard InChI is InChI=1S/C73H95ClN16O13/c1-41(2)33-57(65(96)84-56(18-11-31-80-73(78)79)72(103)89-32-12-19-61(89)69(100)82-42(3)63(77)94)85-64(95)55(17-9-10-30-75)83-66(97)58(36-44-23-28-51(93)29-24-44)86-68(99)60(40-91)88-67(98)59(38-49-39-81-54-16-8-7-15-52(49)54)87-70(101)62(37-45-21-26-50(74)27-22-45)90(43(4)92)71(102)53(76)35-46-20-25-47-13-5-6-14-48(47)34-46/h5-8,13-16,20-29,34,39,41-42,53,55-62,81,91,93H,9-12,17-19,30-33,35-38,40,75-76H2,1-4H3,(H2,77,94)(H,82,100)(H,83,97)(H,84,96)(H,85,95)(H,86,99)(H,87,101)(H,88,98)(H4,78,79,80)/t42-,53+,55-,56+,57+,58+,59-,60+,61+,62+/m1/s1. The molecule has 1 fully saturated rings. The number of nitrogens with zero attached hydrogens (tertiary/aromatic N) is 2. The number of guanidine groups is 1. The summed E-state index contributed by atoms with van der Waals surface area (Å²) in [6.07, 6.45) is 2.28. The molecule has 2 heterocycles. The highest BCUT2D eigenvalue weighted by atomic mass is 35.5. The summed E-state index contributed by atoms with van der Waals surface area (Å²) >= 11 is 6.27. The maximum absolute atomic E-state index is 15.2. The second kappa shape index (κ2) is 38.5. The van der Waals surface area contributed by atoms with Gasteiger partial charge in [0.2, 0.25) is 65.0 Å². The first kappa shape index (κ1) is 79.8. The number of carbonyl (C=O) groups is 11. The zero-order valence-corrected chi connectivity index (χ0v) is 58.9. The Balaban J connectivity index is 1.14. The first-order chi connectivity index (χ1) is 49.1. The molecule has 0 unspecified atom stereocenters. The van der Waals surface area contributed by atoms with Gasteiger partial charge < -0.3 is 85.6 Å². The number of hydrogen-bond acceptors (Lipinski definition) is 16. The minimum absolute atomic E-state index is 0.00817. The Morgan fingerprint density at radius 1 is 0.641 bits per heavy atom. The topological polar surface area (TPSA) is 475 Å². The number of aliphatic hydroxyl groups is 1. The van der Waals surface area contributed by atoms with E-state index < -0.39 is 132 Å². The molecule has 7 rings (SSSR count). The first-order valence-corrected chi connectivity index (χ1v) is 34.8. The van der Waals surface area contributed by atoms with Gasteiger partial charge in [-0.25, -0.2) is 0 Å². The number of imide groups is 1. The van der Waals surface area contributed by atoms with Crippen molar-refractivity contribution in [3.05, 3.63) is 149 Å². The normalized spacial score (nSPS) is 15.4. The van der Waals surface area contributed by atoms with E-state index in [9.17, 15) is 53.4 Å². The van der Waals surface area contributed by atoms with Gasteiger partial charge >= 0.3 is 0 Å². The van der Waals surface area contributed by atoms with E-state index in [1.165, 1.54) is 36.1 Å². The number of para-hydroxylation sites is 1. The Kier molecular flexibility index (Phi) is 29.9. The summed E-state index contributed by atoms with van der Waals surface area (Å²) in [5.74, 6) is -10.1. The lowest BCUT2D eigenvalue weighted by Gasteiger charge is -2.32. The minimum atomic E-state index is -1.85. The van der Waals surface area contributed by atoms with Gasteiger partial charge in [0.1, 0.15) is 60.1 Å². The third-order valence-electron chi connectivity index (χ3n) is 17.8. The number of H-pyrrole nitrogens is 1. The van der Waals surface area contributed by atoms with Gasteiger partial charge in [-0.2, -0.15) is 0 Å². The molecule has 10 atom stereocenters. The molecule has 552 valence electrons. The highest BCUT2D eigenvalue weighted by molar-refractivity contribution is 6.30. The second-order valence-corrected chi connectivity index (χ2v) is 26.7. The molecule has 1 aromatic heterocycles. The van der Waals surface area contributed by atoms with E-state index in [-0.39, 0.29) is 101 Å². The van der Waals surface area contributed by atoms with Crippen molar-refractivity contribution in [2.75, 3.05) is 26.2 Å². The highest BCUT2D eigenvalue weighted by Crippen LogP contribution is 2.25. The number of halogens is 1. The van der Waals surface area contributed by atoms with Gasteiger partial charge in [-0.1, -0.05) is 110 Å². The second-order valence-electron chi connectivity index (χ2n) is 26.3. The fourth-order valence-electron chi connectivity index (χ4n) is 12.3. The molecule has 11 amide bonds. The van der Waals surface area contributed by atoms with Crippen LogP contribution < -0.4 is 65.5 Å². The summed E-state index contributed by atoms with van der Waals surface area (Å²) in [5.41, 5.74) is 26.2. The zero-order chi connectivity index (χ0) is 75.0. The number of aromatic nitrogens is 1. The number of amides is 11. The van der Waals surface area contributed by atoms with Crippen LogP contribution in [0.25, 0.3) is 21.7 Å². The van der Waals surface area contributed by atoms with Crippen LogP contribution in [0.3, 0.4) is 0 Å². The SMILES string of the molecule is CC(=O)N(C(=O)[C@@H](N)Cc1ccc2ccccc2c1)[C@@H](Cc1ccc(Cl)cc1)C(=O)N[C@H](Cc1c[nH]c2ccccc12)C(=O)N[C@@H](CO)C(=O)N[C@@H](Cc1ccc(O)cc1)C(=O)N[C@H](CCCCN)C(=O)N[C@@H](CC(C)C)C(=O)N[C@@H](CCCNC(=N)N)C(=O)N1CCC[C@H]1C(=O)N[C@H](C)C(N)=O. The number of phenols is 1. The molecule has 1 saturated heterocycles. The molecule has 30 heteroatoms. The molecular formula is C73H95ClN16O13. The van der Waals surface area contributed by atoms with Gasteiger partial charge in [-0.05, 0) is 141 Å². The smallest absolute Gasteiger partial charge is 0.247 e. The maximum atomic E-state index is 15.2. The molecule has 0 spiro atoms. The molecule has 5 aromatic carbocycles. The van der Waals surface area contributed by atoms with E-state index >= 15 is 9.59 Å². The van der Waals surface area contributed by atoms with Crippen LogP contribution in [-0.2, 0) is 78.4 Å². The number of aliphatic hydroxyl groups excluding tert-OH is 1. The van der Waals surface area contributed by atoms with Crippen molar-refractivity contribution in [1.82, 2.24) is 57.3 Å². The summed E-state index contributed by atoms with van der Waals surface area (Å²) in [7, 11) is 0. The lowest BCUT2D eigenvalue weighted by atomic mass is 9.98. The van der Waals surface area contributed by atoms with E-state index in [0.29, 0.717) is 51.0 Å². The fraction of sp³-hybridized carbons (Fsp3) is 0.425. The number of nitrogens with one attached hydrogen (secondary N) is 10. The van der Waals surface area contributed by atoms with Gasteiger partial charge in [0.25, 0.3) is 0 Å². The predicted molar refractivity (Wildman–Crippen MR) is 388 cm³/mol. The van der Waals surface area contributed by atoms with Crippen molar-refractivity contribution in [2.45, 2.75) is 165 Å². The fourth-order valence-corrected chi connectivity index (χ4v) is 12.5. The van der Waals surface area contributed by atoms with Crippen molar-refractivity contribution in [2.24, 2.45) is 28.9 Å². The molecule has 103 heavy (non-hydrogen) atoms. The predicted octanol–water partition coefficient (Wildman–Crippen LogP) is 1.34. The van der Waals surface area contributed by atoms with Crippen LogP contribution in [-0.4, -0.2) is 183 Å². The summed E-state index contributed by atoms with van der Waals surface area (Å²) in [4.78, 5) is 163. The number of fused-ring (bicyclic) bond motifs is 2. The maximum Gasteiger partial charge on any atom is 0.247 e. The van der Waals surface area contributed by atoms with Crippen LogP contribution in [0.2, 0.25) is 5.02 Å². The van der Waals surface area contributed by atoms with Crippen LogP contribution in [0.1, 0.15) is 101 Å². The number of aromatic amines is 1. The van der Waals surface area contributed by atoms with Crippen LogP contribution in [0, 0.1) is 11.3 Å². The van der Waals surface area contributed by atoms with Crippen molar-refractivity contribution < 1.29 is 63.0 Å². The molecule has 0 aliphatic carbocycles. The number of rotatable bonds is 37. The third-order valence-corrected chi connectivity index (χ3v) is 18.1. The van der Waals surface area contributed by atoms with E-state index in [4.69, 9.17) is 39.9 Å². The van der Waals surface area contributed by atoms with Gasteiger partial charge in [-0.3, -0.25) is 63.0 Å². The summed E-state index contributed by atoms with van der Waals surface area (Å²) in [5, 5.41) is 53.1. The Morgan fingerprint density at radius 3 is 1.86 bits per heavy atom. The lowest BCUT2D eigenvalue weighted by Crippen LogP contribution is -2.62. The molecule has 20 N–H and O–H groups in total. The van der Waals surface area contributed by atoms with E-state index in [2.05, 4.69) is 47.5 Å². The first-order valence-electron chi connectivity index (χ1n) is 34.4. The van der Waals surface area contributed by atoms with Crippen LogP contribution >= 0.6 is 11.6 Å². The number of aromatic hydroxyl groups is 1. The van der Waals surface area contributed by atoms with Crippen LogP contribution in [0.4, 0.5) is 0 Å². The van der Waals surface area contributed by atoms with Crippen LogP contribution in [0.15, 0.2) is 121 Å². The monoisotopic (exact) mass is 1440 g/mol. The Bertz CT molecular complexity index is 3990. The number of likely N-dealkylation sites (tertiary alicyclic amines) is 1. The molecule has 0 saturated carbocycles. The van der Waals surface area contributed by atoms with Crippen molar-refractivity contribution >= 4 is 104 Å². The van der Waals surface area contributed by atoms with Gasteiger partial charge in [0, 0.05) is 61.4 Å².